The van der Waals surface area contributed by atoms with E-state index in [1.807, 2.05) is 37.3 Å². The van der Waals surface area contributed by atoms with Gasteiger partial charge in [0.2, 0.25) is 0 Å². The minimum absolute atomic E-state index is 0.179. The van der Waals surface area contributed by atoms with Crippen LogP contribution in [-0.4, -0.2) is 25.9 Å². The molecule has 0 unspecified atom stereocenters. The molecule has 0 aliphatic heterocycles. The third kappa shape index (κ3) is 3.85. The van der Waals surface area contributed by atoms with Crippen molar-refractivity contribution in [3.05, 3.63) is 59.9 Å². The second kappa shape index (κ2) is 7.74. The molecule has 134 valence electrons. The van der Waals surface area contributed by atoms with Crippen LogP contribution in [0.1, 0.15) is 29.1 Å². The summed E-state index contributed by atoms with van der Waals surface area (Å²) in [6.45, 7) is 1.66. The predicted octanol–water partition coefficient (Wildman–Crippen LogP) is 3.51. The first-order valence-electron chi connectivity index (χ1n) is 8.14. The van der Waals surface area contributed by atoms with Gasteiger partial charge in [0.15, 0.2) is 18.1 Å². The van der Waals surface area contributed by atoms with Crippen LogP contribution in [0.15, 0.2) is 52.9 Å². The number of benzene rings is 2. The van der Waals surface area contributed by atoms with Crippen molar-refractivity contribution in [2.45, 2.75) is 13.0 Å². The van der Waals surface area contributed by atoms with Crippen LogP contribution in [0.5, 0.6) is 11.5 Å². The van der Waals surface area contributed by atoms with E-state index in [4.69, 9.17) is 13.9 Å². The lowest BCUT2D eigenvalue weighted by atomic mass is 10.2. The van der Waals surface area contributed by atoms with E-state index >= 15 is 0 Å². The van der Waals surface area contributed by atoms with Crippen molar-refractivity contribution in [3.63, 3.8) is 0 Å². The molecule has 26 heavy (non-hydrogen) atoms. The Balaban J connectivity index is 1.61. The van der Waals surface area contributed by atoms with E-state index in [2.05, 4.69) is 5.32 Å². The summed E-state index contributed by atoms with van der Waals surface area (Å²) in [4.78, 5) is 23.0. The predicted molar refractivity (Wildman–Crippen MR) is 96.6 cm³/mol. The van der Waals surface area contributed by atoms with Crippen LogP contribution in [0.2, 0.25) is 0 Å². The Labute approximate surface area is 150 Å². The first-order valence-corrected chi connectivity index (χ1v) is 8.14. The topological polar surface area (TPSA) is 77.8 Å². The van der Waals surface area contributed by atoms with E-state index in [1.165, 1.54) is 7.11 Å². The molecule has 2 aromatic carbocycles. The zero-order valence-corrected chi connectivity index (χ0v) is 14.5. The van der Waals surface area contributed by atoms with Crippen LogP contribution in [0.25, 0.3) is 11.0 Å². The van der Waals surface area contributed by atoms with Crippen LogP contribution < -0.4 is 14.8 Å². The molecule has 0 aliphatic carbocycles. The van der Waals surface area contributed by atoms with Gasteiger partial charge in [-0.3, -0.25) is 9.59 Å². The monoisotopic (exact) mass is 353 g/mol. The van der Waals surface area contributed by atoms with Crippen molar-refractivity contribution < 1.29 is 23.5 Å². The Bertz CT molecular complexity index is 898. The highest BCUT2D eigenvalue weighted by atomic mass is 16.5. The van der Waals surface area contributed by atoms with Gasteiger partial charge in [-0.05, 0) is 37.3 Å². The van der Waals surface area contributed by atoms with Crippen molar-refractivity contribution in [1.82, 2.24) is 5.32 Å². The fourth-order valence-electron chi connectivity index (χ4n) is 2.59. The van der Waals surface area contributed by atoms with Crippen molar-refractivity contribution in [2.24, 2.45) is 0 Å². The summed E-state index contributed by atoms with van der Waals surface area (Å²) in [6, 6.07) is 14.0. The van der Waals surface area contributed by atoms with E-state index in [0.29, 0.717) is 29.1 Å². The molecule has 0 fully saturated rings. The summed E-state index contributed by atoms with van der Waals surface area (Å²) in [5, 5.41) is 3.82. The summed E-state index contributed by atoms with van der Waals surface area (Å²) in [5.41, 5.74) is 1.25. The van der Waals surface area contributed by atoms with Gasteiger partial charge in [-0.1, -0.05) is 18.2 Å². The number of methoxy groups -OCH3 is 1. The number of hydrogen-bond acceptors (Lipinski definition) is 5. The molecule has 0 bridgehead atoms. The number of para-hydroxylation sites is 1. The van der Waals surface area contributed by atoms with Crippen LogP contribution in [0.3, 0.4) is 0 Å². The van der Waals surface area contributed by atoms with Gasteiger partial charge in [-0.15, -0.1) is 0 Å². The Morgan fingerprint density at radius 1 is 1.19 bits per heavy atom. The molecule has 6 heteroatoms. The van der Waals surface area contributed by atoms with Gasteiger partial charge in [-0.2, -0.15) is 0 Å². The van der Waals surface area contributed by atoms with Crippen LogP contribution >= 0.6 is 0 Å². The first-order chi connectivity index (χ1) is 12.6. The summed E-state index contributed by atoms with van der Waals surface area (Å²) >= 11 is 0. The lowest BCUT2D eigenvalue weighted by Gasteiger charge is -2.13. The van der Waals surface area contributed by atoms with E-state index < -0.39 is 0 Å². The largest absolute Gasteiger partial charge is 0.493 e. The number of rotatable bonds is 7. The van der Waals surface area contributed by atoms with Crippen molar-refractivity contribution in [1.29, 1.82) is 0 Å². The van der Waals surface area contributed by atoms with Gasteiger partial charge in [0.05, 0.1) is 13.2 Å². The lowest BCUT2D eigenvalue weighted by molar-refractivity contribution is -0.123. The quantitative estimate of drug-likeness (QED) is 0.658. The first kappa shape index (κ1) is 17.5. The second-order valence-electron chi connectivity index (χ2n) is 5.79. The van der Waals surface area contributed by atoms with Crippen molar-refractivity contribution in [2.75, 3.05) is 13.7 Å². The number of aldehydes is 1. The summed E-state index contributed by atoms with van der Waals surface area (Å²) < 4.78 is 16.4. The maximum absolute atomic E-state index is 12.2. The molecule has 0 saturated carbocycles. The molecule has 1 aromatic heterocycles. The zero-order valence-electron chi connectivity index (χ0n) is 14.5. The number of hydrogen-bond donors (Lipinski definition) is 1. The molecule has 0 saturated heterocycles. The molecule has 0 radical (unpaired) electrons. The Kier molecular flexibility index (Phi) is 5.22. The van der Waals surface area contributed by atoms with Gasteiger partial charge in [-0.25, -0.2) is 0 Å². The number of fused-ring (bicyclic) bond motifs is 1. The van der Waals surface area contributed by atoms with E-state index in [9.17, 15) is 9.59 Å². The molecule has 1 amide bonds. The number of ether oxygens (including phenoxy) is 2. The van der Waals surface area contributed by atoms with E-state index in [1.54, 1.807) is 18.2 Å². The van der Waals surface area contributed by atoms with Gasteiger partial charge in [0, 0.05) is 10.9 Å². The SMILES string of the molecule is COc1cc(C=O)ccc1OCC(=O)N[C@@H](C)c1cc2ccccc2o1. The molecule has 1 heterocycles. The highest BCUT2D eigenvalue weighted by Crippen LogP contribution is 2.27. The Morgan fingerprint density at radius 3 is 2.73 bits per heavy atom. The third-order valence-corrected chi connectivity index (χ3v) is 3.93. The fourth-order valence-corrected chi connectivity index (χ4v) is 2.59. The minimum Gasteiger partial charge on any atom is -0.493 e. The number of carbonyl (C=O) groups excluding carboxylic acids is 2. The molecule has 3 rings (SSSR count). The van der Waals surface area contributed by atoms with Crippen LogP contribution in [0, 0.1) is 0 Å². The Hall–Kier alpha value is -3.28. The van der Waals surface area contributed by atoms with Crippen LogP contribution in [0.4, 0.5) is 0 Å². The molecule has 6 nitrogen and oxygen atoms in total. The summed E-state index contributed by atoms with van der Waals surface area (Å²) in [5.74, 6) is 1.17. The average molecular weight is 353 g/mol. The number of furan rings is 1. The van der Waals surface area contributed by atoms with E-state index in [-0.39, 0.29) is 18.6 Å². The molecule has 3 aromatic rings. The average Bonchev–Trinajstić information content (AvgIpc) is 3.10. The van der Waals surface area contributed by atoms with Gasteiger partial charge < -0.3 is 19.2 Å². The highest BCUT2D eigenvalue weighted by Gasteiger charge is 2.15. The number of carbonyl (C=O) groups is 2. The van der Waals surface area contributed by atoms with Gasteiger partial charge in [0.1, 0.15) is 17.6 Å². The van der Waals surface area contributed by atoms with Crippen LogP contribution in [-0.2, 0) is 4.79 Å². The summed E-state index contributed by atoms with van der Waals surface area (Å²) in [6.07, 6.45) is 0.716. The minimum atomic E-state index is -0.294. The van der Waals surface area contributed by atoms with Crippen molar-refractivity contribution >= 4 is 23.2 Å². The van der Waals surface area contributed by atoms with Gasteiger partial charge >= 0.3 is 0 Å². The zero-order chi connectivity index (χ0) is 18.5. The number of nitrogens with one attached hydrogen (secondary N) is 1. The molecule has 0 aliphatic rings. The molecular weight excluding hydrogens is 334 g/mol. The fraction of sp³-hybridized carbons (Fsp3) is 0.200. The second-order valence-corrected chi connectivity index (χ2v) is 5.79. The third-order valence-electron chi connectivity index (χ3n) is 3.93. The summed E-state index contributed by atoms with van der Waals surface area (Å²) in [7, 11) is 1.47. The molecule has 1 N–H and O–H groups in total. The Morgan fingerprint density at radius 2 is 2.00 bits per heavy atom. The maximum Gasteiger partial charge on any atom is 0.258 e. The lowest BCUT2D eigenvalue weighted by Crippen LogP contribution is -2.31. The van der Waals surface area contributed by atoms with Gasteiger partial charge in [0.25, 0.3) is 5.91 Å². The highest BCUT2D eigenvalue weighted by molar-refractivity contribution is 5.80. The standard InChI is InChI=1S/C20H19NO5/c1-13(18-10-15-5-3-4-6-16(15)26-18)21-20(23)12-25-17-8-7-14(11-22)9-19(17)24-2/h3-11,13H,12H2,1-2H3,(H,21,23)/t13-/m0/s1. The molecular formula is C20H19NO5. The molecule has 1 atom stereocenters. The van der Waals surface area contributed by atoms with Crippen molar-refractivity contribution in [3.8, 4) is 11.5 Å². The maximum atomic E-state index is 12.2. The number of amides is 1. The smallest absolute Gasteiger partial charge is 0.258 e. The molecule has 0 spiro atoms. The van der Waals surface area contributed by atoms with E-state index in [0.717, 1.165) is 11.0 Å². The normalized spacial score (nSPS) is 11.8.